The van der Waals surface area contributed by atoms with Crippen molar-refractivity contribution in [2.75, 3.05) is 13.1 Å². The summed E-state index contributed by atoms with van der Waals surface area (Å²) in [6, 6.07) is 19.3. The molecule has 3 rings (SSSR count). The molecule has 1 heterocycles. The summed E-state index contributed by atoms with van der Waals surface area (Å²) >= 11 is 0. The van der Waals surface area contributed by atoms with Gasteiger partial charge in [0.25, 0.3) is 5.91 Å². The van der Waals surface area contributed by atoms with Gasteiger partial charge in [-0.05, 0) is 12.1 Å². The molecule has 3 N–H and O–H groups in total. The molecule has 0 bridgehead atoms. The average molecular weight is 291 g/mol. The predicted octanol–water partition coefficient (Wildman–Crippen LogP) is 2.59. The Balaban J connectivity index is 2.14. The number of fused-ring (bicyclic) bond motifs is 1. The summed E-state index contributed by atoms with van der Waals surface area (Å²) in [6.07, 6.45) is 0. The average Bonchev–Trinajstić information content (AvgIpc) is 2.59. The van der Waals surface area contributed by atoms with Crippen LogP contribution < -0.4 is 11.1 Å². The van der Waals surface area contributed by atoms with Crippen LogP contribution in [0.5, 0.6) is 0 Å². The van der Waals surface area contributed by atoms with E-state index >= 15 is 0 Å². The van der Waals surface area contributed by atoms with Crippen LogP contribution >= 0.6 is 0 Å². The summed E-state index contributed by atoms with van der Waals surface area (Å²) < 4.78 is 0. The molecule has 0 fully saturated rings. The number of nitrogens with one attached hydrogen (secondary N) is 1. The molecular weight excluding hydrogens is 274 g/mol. The molecule has 0 aliphatic carbocycles. The number of benzene rings is 2. The lowest BCUT2D eigenvalue weighted by molar-refractivity contribution is 0.0956. The monoisotopic (exact) mass is 291 g/mol. The molecular formula is C18H17N3O. The third-order valence-electron chi connectivity index (χ3n) is 3.46. The minimum Gasteiger partial charge on any atom is -0.351 e. The first-order valence-electron chi connectivity index (χ1n) is 7.23. The van der Waals surface area contributed by atoms with Crippen LogP contribution in [0, 0.1) is 0 Å². The van der Waals surface area contributed by atoms with Gasteiger partial charge in [-0.1, -0.05) is 48.5 Å². The fourth-order valence-electron chi connectivity index (χ4n) is 2.40. The SMILES string of the molecule is NCCNC(=O)c1cc(-c2ccccc2)nc2ccccc12. The topological polar surface area (TPSA) is 68.0 Å². The molecule has 0 saturated carbocycles. The second-order valence-electron chi connectivity index (χ2n) is 4.98. The Morgan fingerprint density at radius 1 is 1.05 bits per heavy atom. The Kier molecular flexibility index (Phi) is 4.12. The van der Waals surface area contributed by atoms with Gasteiger partial charge < -0.3 is 11.1 Å². The van der Waals surface area contributed by atoms with Crippen LogP contribution in [0.3, 0.4) is 0 Å². The Morgan fingerprint density at radius 2 is 1.77 bits per heavy atom. The second kappa shape index (κ2) is 6.37. The molecule has 22 heavy (non-hydrogen) atoms. The molecule has 4 nitrogen and oxygen atoms in total. The highest BCUT2D eigenvalue weighted by molar-refractivity contribution is 6.07. The maximum Gasteiger partial charge on any atom is 0.252 e. The van der Waals surface area contributed by atoms with Gasteiger partial charge in [-0.15, -0.1) is 0 Å². The maximum absolute atomic E-state index is 12.4. The predicted molar refractivity (Wildman–Crippen MR) is 88.6 cm³/mol. The van der Waals surface area contributed by atoms with E-state index in [-0.39, 0.29) is 5.91 Å². The number of carbonyl (C=O) groups excluding carboxylic acids is 1. The van der Waals surface area contributed by atoms with Crippen molar-refractivity contribution in [1.29, 1.82) is 0 Å². The Bertz CT molecular complexity index is 800. The van der Waals surface area contributed by atoms with Crippen LogP contribution in [0.25, 0.3) is 22.2 Å². The first-order valence-corrected chi connectivity index (χ1v) is 7.23. The molecule has 0 unspecified atom stereocenters. The summed E-state index contributed by atoms with van der Waals surface area (Å²) in [7, 11) is 0. The lowest BCUT2D eigenvalue weighted by atomic mass is 10.0. The number of carbonyl (C=O) groups is 1. The van der Waals surface area contributed by atoms with E-state index in [0.29, 0.717) is 18.7 Å². The zero-order valence-corrected chi connectivity index (χ0v) is 12.1. The molecule has 4 heteroatoms. The Morgan fingerprint density at radius 3 is 2.55 bits per heavy atom. The molecule has 1 aromatic heterocycles. The highest BCUT2D eigenvalue weighted by Crippen LogP contribution is 2.24. The quantitative estimate of drug-likeness (QED) is 0.776. The highest BCUT2D eigenvalue weighted by Gasteiger charge is 2.13. The second-order valence-corrected chi connectivity index (χ2v) is 4.98. The van der Waals surface area contributed by atoms with Gasteiger partial charge in [0.05, 0.1) is 16.8 Å². The fraction of sp³-hybridized carbons (Fsp3) is 0.111. The summed E-state index contributed by atoms with van der Waals surface area (Å²) in [5.74, 6) is -0.124. The highest BCUT2D eigenvalue weighted by atomic mass is 16.1. The molecule has 1 amide bonds. The van der Waals surface area contributed by atoms with Crippen molar-refractivity contribution >= 4 is 16.8 Å². The van der Waals surface area contributed by atoms with Crippen LogP contribution in [-0.2, 0) is 0 Å². The van der Waals surface area contributed by atoms with E-state index in [1.54, 1.807) is 0 Å². The van der Waals surface area contributed by atoms with Gasteiger partial charge >= 0.3 is 0 Å². The minimum atomic E-state index is -0.124. The van der Waals surface area contributed by atoms with Gasteiger partial charge in [0.15, 0.2) is 0 Å². The lowest BCUT2D eigenvalue weighted by Gasteiger charge is -2.10. The van der Waals surface area contributed by atoms with Crippen molar-refractivity contribution < 1.29 is 4.79 Å². The third-order valence-corrected chi connectivity index (χ3v) is 3.46. The van der Waals surface area contributed by atoms with Crippen LogP contribution in [0.15, 0.2) is 60.7 Å². The zero-order valence-electron chi connectivity index (χ0n) is 12.1. The van der Waals surface area contributed by atoms with Crippen LogP contribution in [0.1, 0.15) is 10.4 Å². The molecule has 110 valence electrons. The van der Waals surface area contributed by atoms with E-state index in [2.05, 4.69) is 10.3 Å². The maximum atomic E-state index is 12.4. The number of nitrogens with two attached hydrogens (primary N) is 1. The van der Waals surface area contributed by atoms with E-state index in [4.69, 9.17) is 5.73 Å². The number of rotatable bonds is 4. The number of hydrogen-bond acceptors (Lipinski definition) is 3. The van der Waals surface area contributed by atoms with Crippen molar-refractivity contribution in [3.63, 3.8) is 0 Å². The lowest BCUT2D eigenvalue weighted by Crippen LogP contribution is -2.29. The van der Waals surface area contributed by atoms with Crippen molar-refractivity contribution in [2.45, 2.75) is 0 Å². The molecule has 0 atom stereocenters. The standard InChI is InChI=1S/C18H17N3O/c19-10-11-20-18(22)15-12-17(13-6-2-1-3-7-13)21-16-9-5-4-8-14(15)16/h1-9,12H,10-11,19H2,(H,20,22). The molecule has 0 aliphatic rings. The summed E-state index contributed by atoms with van der Waals surface area (Å²) in [4.78, 5) is 17.1. The Hall–Kier alpha value is -2.72. The summed E-state index contributed by atoms with van der Waals surface area (Å²) in [5.41, 5.74) is 8.67. The normalized spacial score (nSPS) is 10.6. The van der Waals surface area contributed by atoms with Crippen molar-refractivity contribution in [1.82, 2.24) is 10.3 Å². The summed E-state index contributed by atoms with van der Waals surface area (Å²) in [6.45, 7) is 0.871. The van der Waals surface area contributed by atoms with Crippen molar-refractivity contribution in [3.05, 3.63) is 66.2 Å². The van der Waals surface area contributed by atoms with Gasteiger partial charge in [0, 0.05) is 24.0 Å². The number of aromatic nitrogens is 1. The van der Waals surface area contributed by atoms with Crippen molar-refractivity contribution in [3.8, 4) is 11.3 Å². The van der Waals surface area contributed by atoms with Gasteiger partial charge in [-0.3, -0.25) is 4.79 Å². The number of amides is 1. The van der Waals surface area contributed by atoms with Gasteiger partial charge in [0.1, 0.15) is 0 Å². The van der Waals surface area contributed by atoms with Gasteiger partial charge in [0.2, 0.25) is 0 Å². The van der Waals surface area contributed by atoms with Crippen LogP contribution in [0.4, 0.5) is 0 Å². The number of para-hydroxylation sites is 1. The summed E-state index contributed by atoms with van der Waals surface area (Å²) in [5, 5.41) is 3.67. The first-order chi connectivity index (χ1) is 10.8. The van der Waals surface area contributed by atoms with Crippen molar-refractivity contribution in [2.24, 2.45) is 5.73 Å². The third kappa shape index (κ3) is 2.82. The van der Waals surface area contributed by atoms with E-state index in [9.17, 15) is 4.79 Å². The molecule has 0 aliphatic heterocycles. The molecule has 0 saturated heterocycles. The fourth-order valence-corrected chi connectivity index (χ4v) is 2.40. The molecule has 0 radical (unpaired) electrons. The molecule has 0 spiro atoms. The van der Waals surface area contributed by atoms with Crippen LogP contribution in [-0.4, -0.2) is 24.0 Å². The smallest absolute Gasteiger partial charge is 0.252 e. The molecule has 2 aromatic carbocycles. The number of pyridine rings is 1. The van der Waals surface area contributed by atoms with E-state index in [0.717, 1.165) is 22.2 Å². The number of hydrogen-bond donors (Lipinski definition) is 2. The van der Waals surface area contributed by atoms with E-state index in [1.807, 2.05) is 60.7 Å². The van der Waals surface area contributed by atoms with Crippen LogP contribution in [0.2, 0.25) is 0 Å². The zero-order chi connectivity index (χ0) is 15.4. The largest absolute Gasteiger partial charge is 0.351 e. The number of nitrogens with zero attached hydrogens (tertiary/aromatic N) is 1. The Labute approximate surface area is 129 Å². The minimum absolute atomic E-state index is 0.124. The van der Waals surface area contributed by atoms with E-state index in [1.165, 1.54) is 0 Å². The van der Waals surface area contributed by atoms with E-state index < -0.39 is 0 Å². The van der Waals surface area contributed by atoms with Gasteiger partial charge in [-0.2, -0.15) is 0 Å². The molecule has 3 aromatic rings. The van der Waals surface area contributed by atoms with Gasteiger partial charge in [-0.25, -0.2) is 4.98 Å². The first kappa shape index (κ1) is 14.2.